The van der Waals surface area contributed by atoms with Gasteiger partial charge in [-0.05, 0) is 25.8 Å². The summed E-state index contributed by atoms with van der Waals surface area (Å²) >= 11 is 0. The Kier molecular flexibility index (Phi) is 9.07. The Morgan fingerprint density at radius 3 is 2.72 bits per heavy atom. The Labute approximate surface area is 191 Å². The Morgan fingerprint density at radius 2 is 1.94 bits per heavy atom. The fraction of sp³-hybridized carbons (Fsp3) is 0.625. The molecule has 1 aromatic heterocycles. The van der Waals surface area contributed by atoms with Gasteiger partial charge in [0.2, 0.25) is 0 Å². The molecule has 2 heterocycles. The maximum Gasteiger partial charge on any atom is 0.109 e. The third-order valence-corrected chi connectivity index (χ3v) is 5.55. The fourth-order valence-electron chi connectivity index (χ4n) is 4.10. The summed E-state index contributed by atoms with van der Waals surface area (Å²) in [4.78, 5) is 17.0. The zero-order valence-electron chi connectivity index (χ0n) is 19.9. The monoisotopic (exact) mass is 446 g/mol. The van der Waals surface area contributed by atoms with Gasteiger partial charge in [-0.3, -0.25) is 4.98 Å². The number of para-hydroxylation sites is 1. The van der Waals surface area contributed by atoms with Crippen molar-refractivity contribution >= 4 is 22.3 Å². The molecule has 0 amide bonds. The van der Waals surface area contributed by atoms with E-state index in [4.69, 9.17) is 25.2 Å². The van der Waals surface area contributed by atoms with Crippen molar-refractivity contribution in [2.45, 2.75) is 53.1 Å². The average Bonchev–Trinajstić information content (AvgIpc) is 3.12. The highest BCUT2D eigenvalue weighted by atomic mass is 17.5. The van der Waals surface area contributed by atoms with Crippen molar-refractivity contribution in [3.63, 3.8) is 0 Å². The van der Waals surface area contributed by atoms with E-state index in [0.29, 0.717) is 33.0 Å². The average molecular weight is 447 g/mol. The second kappa shape index (κ2) is 11.8. The number of nitrogens with two attached hydrogens (primary N) is 1. The van der Waals surface area contributed by atoms with Crippen LogP contribution in [0.15, 0.2) is 24.3 Å². The van der Waals surface area contributed by atoms with E-state index >= 15 is 0 Å². The highest BCUT2D eigenvalue weighted by Crippen LogP contribution is 2.44. The lowest BCUT2D eigenvalue weighted by molar-refractivity contribution is -0.512. The van der Waals surface area contributed by atoms with Gasteiger partial charge in [0, 0.05) is 23.9 Å². The van der Waals surface area contributed by atoms with Gasteiger partial charge < -0.3 is 20.7 Å². The van der Waals surface area contributed by atoms with Crippen LogP contribution < -0.4 is 16.0 Å². The van der Waals surface area contributed by atoms with Gasteiger partial charge >= 0.3 is 0 Å². The normalized spacial score (nSPS) is 15.9. The standard InChI is InChI=1S/C24H38N4O4/c1-5-6-11-21-27-22-18(2)26-20-10-8-7-9-19(20)23(22)28(21)16-24(3,4)17-29-14-15-31-32-30-13-12-25/h7-10,21,27H,5-6,11-17,25H2,1-4H3. The lowest BCUT2D eigenvalue weighted by atomic mass is 9.93. The summed E-state index contributed by atoms with van der Waals surface area (Å²) in [7, 11) is 0. The SMILES string of the molecule is CCCCC1Nc2c(C)nc3ccccc3c2N1CC(C)(C)COCCOOOCCN. The van der Waals surface area contributed by atoms with E-state index in [1.165, 1.54) is 23.9 Å². The van der Waals surface area contributed by atoms with Crippen molar-refractivity contribution in [2.75, 3.05) is 49.7 Å². The van der Waals surface area contributed by atoms with Gasteiger partial charge in [0.05, 0.1) is 48.6 Å². The summed E-state index contributed by atoms with van der Waals surface area (Å²) < 4.78 is 5.89. The first-order valence-electron chi connectivity index (χ1n) is 11.6. The van der Waals surface area contributed by atoms with Crippen LogP contribution in [0.25, 0.3) is 10.9 Å². The largest absolute Gasteiger partial charge is 0.378 e. The first kappa shape index (κ1) is 24.7. The minimum Gasteiger partial charge on any atom is -0.378 e. The van der Waals surface area contributed by atoms with Gasteiger partial charge in [-0.25, -0.2) is 9.78 Å². The van der Waals surface area contributed by atoms with Crippen LogP contribution in [0, 0.1) is 12.3 Å². The van der Waals surface area contributed by atoms with E-state index in [-0.39, 0.29) is 11.6 Å². The van der Waals surface area contributed by atoms with Crippen molar-refractivity contribution in [1.82, 2.24) is 4.98 Å². The van der Waals surface area contributed by atoms with Crippen molar-refractivity contribution in [3.05, 3.63) is 30.0 Å². The third kappa shape index (κ3) is 6.30. The molecule has 178 valence electrons. The molecule has 1 unspecified atom stereocenters. The highest BCUT2D eigenvalue weighted by molar-refractivity contribution is 6.01. The molecule has 0 bridgehead atoms. The lowest BCUT2D eigenvalue weighted by Crippen LogP contribution is -2.43. The van der Waals surface area contributed by atoms with E-state index < -0.39 is 0 Å². The number of ether oxygens (including phenoxy) is 1. The number of rotatable bonds is 14. The van der Waals surface area contributed by atoms with Crippen molar-refractivity contribution in [2.24, 2.45) is 11.1 Å². The molecule has 0 saturated heterocycles. The summed E-state index contributed by atoms with van der Waals surface area (Å²) in [6.07, 6.45) is 3.69. The summed E-state index contributed by atoms with van der Waals surface area (Å²) in [5.74, 6) is 0. The molecule has 1 aromatic carbocycles. The predicted molar refractivity (Wildman–Crippen MR) is 127 cm³/mol. The van der Waals surface area contributed by atoms with E-state index in [2.05, 4.69) is 61.1 Å². The number of hydrogen-bond acceptors (Lipinski definition) is 8. The summed E-state index contributed by atoms with van der Waals surface area (Å²) in [6, 6.07) is 8.40. The maximum atomic E-state index is 5.89. The molecule has 0 aliphatic carbocycles. The lowest BCUT2D eigenvalue weighted by Gasteiger charge is -2.35. The number of benzene rings is 1. The van der Waals surface area contributed by atoms with Crippen molar-refractivity contribution in [3.8, 4) is 0 Å². The molecule has 3 rings (SSSR count). The van der Waals surface area contributed by atoms with Crippen LogP contribution in [0.4, 0.5) is 11.4 Å². The summed E-state index contributed by atoms with van der Waals surface area (Å²) in [5.41, 5.74) is 9.75. The quantitative estimate of drug-likeness (QED) is 0.254. The Balaban J connectivity index is 1.68. The van der Waals surface area contributed by atoms with Gasteiger partial charge in [0.15, 0.2) is 0 Å². The molecule has 1 aliphatic rings. The topological polar surface area (TPSA) is 91.1 Å². The maximum absolute atomic E-state index is 5.89. The summed E-state index contributed by atoms with van der Waals surface area (Å²) in [5, 5.41) is 9.53. The summed E-state index contributed by atoms with van der Waals surface area (Å²) in [6.45, 7) is 11.7. The van der Waals surface area contributed by atoms with Crippen molar-refractivity contribution < 1.29 is 19.6 Å². The first-order chi connectivity index (χ1) is 15.5. The zero-order chi connectivity index (χ0) is 23.0. The van der Waals surface area contributed by atoms with E-state index in [1.54, 1.807) is 0 Å². The molecule has 0 spiro atoms. The molecular formula is C24H38N4O4. The molecule has 8 nitrogen and oxygen atoms in total. The molecule has 0 fully saturated rings. The number of nitrogens with zero attached hydrogens (tertiary/aromatic N) is 2. The smallest absolute Gasteiger partial charge is 0.109 e. The molecule has 1 aliphatic heterocycles. The molecule has 32 heavy (non-hydrogen) atoms. The molecule has 0 radical (unpaired) electrons. The van der Waals surface area contributed by atoms with Gasteiger partial charge in [-0.15, -0.1) is 0 Å². The number of unbranched alkanes of at least 4 members (excludes halogenated alkanes) is 1. The first-order valence-corrected chi connectivity index (χ1v) is 11.6. The number of aryl methyl sites for hydroxylation is 1. The van der Waals surface area contributed by atoms with Crippen LogP contribution in [-0.4, -0.2) is 50.7 Å². The minimum atomic E-state index is -0.0665. The fourth-order valence-corrected chi connectivity index (χ4v) is 4.10. The van der Waals surface area contributed by atoms with Crippen LogP contribution in [-0.2, 0) is 19.6 Å². The van der Waals surface area contributed by atoms with Crippen LogP contribution >= 0.6 is 0 Å². The zero-order valence-corrected chi connectivity index (χ0v) is 19.9. The minimum absolute atomic E-state index is 0.0665. The number of fused-ring (bicyclic) bond motifs is 3. The predicted octanol–water partition coefficient (Wildman–Crippen LogP) is 4.17. The molecule has 8 heteroatoms. The van der Waals surface area contributed by atoms with Crippen LogP contribution in [0.1, 0.15) is 45.7 Å². The van der Waals surface area contributed by atoms with Gasteiger partial charge in [-0.1, -0.05) is 50.4 Å². The Bertz CT molecular complexity index is 861. The highest BCUT2D eigenvalue weighted by Gasteiger charge is 2.35. The van der Waals surface area contributed by atoms with E-state index in [9.17, 15) is 0 Å². The van der Waals surface area contributed by atoms with Crippen LogP contribution in [0.5, 0.6) is 0 Å². The Morgan fingerprint density at radius 1 is 1.16 bits per heavy atom. The van der Waals surface area contributed by atoms with E-state index in [0.717, 1.165) is 29.9 Å². The second-order valence-electron chi connectivity index (χ2n) is 9.09. The van der Waals surface area contributed by atoms with Gasteiger partial charge in [-0.2, -0.15) is 0 Å². The number of pyridine rings is 1. The van der Waals surface area contributed by atoms with Crippen LogP contribution in [0.2, 0.25) is 0 Å². The number of hydrogen-bond donors (Lipinski definition) is 2. The molecule has 0 saturated carbocycles. The Hall–Kier alpha value is -1.97. The second-order valence-corrected chi connectivity index (χ2v) is 9.09. The van der Waals surface area contributed by atoms with E-state index in [1.807, 2.05) is 6.07 Å². The molecule has 3 N–H and O–H groups in total. The van der Waals surface area contributed by atoms with Crippen molar-refractivity contribution in [1.29, 1.82) is 0 Å². The number of nitrogens with one attached hydrogen (secondary N) is 1. The molecule has 2 aromatic rings. The van der Waals surface area contributed by atoms with Gasteiger partial charge in [0.25, 0.3) is 0 Å². The third-order valence-electron chi connectivity index (χ3n) is 5.55. The molecular weight excluding hydrogens is 408 g/mol. The molecule has 1 atom stereocenters. The number of anilines is 2. The number of aromatic nitrogens is 1. The van der Waals surface area contributed by atoms with Gasteiger partial charge in [0.1, 0.15) is 6.61 Å². The van der Waals surface area contributed by atoms with Crippen LogP contribution in [0.3, 0.4) is 0 Å².